The summed E-state index contributed by atoms with van der Waals surface area (Å²) in [7, 11) is 3.24. The third kappa shape index (κ3) is 3.35. The molecular weight excluding hydrogens is 422 g/mol. The Morgan fingerprint density at radius 3 is 2.61 bits per heavy atom. The monoisotopic (exact) mass is 443 g/mol. The highest BCUT2D eigenvalue weighted by Crippen LogP contribution is 2.39. The van der Waals surface area contributed by atoms with Gasteiger partial charge in [-0.2, -0.15) is 0 Å². The van der Waals surface area contributed by atoms with Crippen molar-refractivity contribution in [1.29, 1.82) is 0 Å². The maximum Gasteiger partial charge on any atom is 0.162 e. The van der Waals surface area contributed by atoms with Gasteiger partial charge < -0.3 is 19.5 Å². The van der Waals surface area contributed by atoms with Crippen LogP contribution in [0.25, 0.3) is 10.9 Å². The van der Waals surface area contributed by atoms with E-state index in [0.29, 0.717) is 17.3 Å². The number of fused-ring (bicyclic) bond motifs is 2. The molecule has 4 rings (SSSR count). The molecule has 0 fully saturated rings. The standard InChI is InChI=1S/C21H22BrN3O3/c1-11(15-8-14(22)7-13-5-6-28-20(13)15)23-21-16-9-18(26-3)19(27-4)10-17(16)24-12(2)25-21/h7-11H,5-6H2,1-4H3,(H,23,24,25). The maximum absolute atomic E-state index is 5.89. The minimum atomic E-state index is -0.00468. The van der Waals surface area contributed by atoms with Crippen LogP contribution in [0, 0.1) is 6.92 Å². The number of halogens is 1. The first-order valence-electron chi connectivity index (χ1n) is 9.12. The molecule has 146 valence electrons. The summed E-state index contributed by atoms with van der Waals surface area (Å²) < 4.78 is 17.8. The average molecular weight is 444 g/mol. The average Bonchev–Trinajstić information content (AvgIpc) is 3.14. The van der Waals surface area contributed by atoms with Crippen LogP contribution in [0.3, 0.4) is 0 Å². The molecule has 1 aliphatic heterocycles. The predicted octanol–water partition coefficient (Wildman–Crippen LogP) is 4.83. The molecule has 0 saturated heterocycles. The van der Waals surface area contributed by atoms with Gasteiger partial charge in [0.25, 0.3) is 0 Å². The van der Waals surface area contributed by atoms with E-state index in [-0.39, 0.29) is 6.04 Å². The predicted molar refractivity (Wildman–Crippen MR) is 113 cm³/mol. The van der Waals surface area contributed by atoms with Crippen molar-refractivity contribution in [3.05, 3.63) is 45.7 Å². The van der Waals surface area contributed by atoms with Gasteiger partial charge in [-0.05, 0) is 37.6 Å². The highest BCUT2D eigenvalue weighted by Gasteiger charge is 2.22. The summed E-state index contributed by atoms with van der Waals surface area (Å²) in [6.45, 7) is 4.71. The zero-order chi connectivity index (χ0) is 19.8. The molecule has 0 amide bonds. The first kappa shape index (κ1) is 18.8. The Bertz CT molecular complexity index is 1050. The number of nitrogens with one attached hydrogen (secondary N) is 1. The van der Waals surface area contributed by atoms with Crippen molar-refractivity contribution < 1.29 is 14.2 Å². The number of anilines is 1. The number of hydrogen-bond donors (Lipinski definition) is 1. The van der Waals surface area contributed by atoms with E-state index in [0.717, 1.165) is 45.5 Å². The molecule has 0 spiro atoms. The van der Waals surface area contributed by atoms with E-state index in [1.807, 2.05) is 19.1 Å². The van der Waals surface area contributed by atoms with Crippen molar-refractivity contribution in [2.75, 3.05) is 26.1 Å². The molecule has 28 heavy (non-hydrogen) atoms. The fourth-order valence-corrected chi connectivity index (χ4v) is 4.11. The van der Waals surface area contributed by atoms with Crippen molar-refractivity contribution in [3.8, 4) is 17.2 Å². The molecule has 0 bridgehead atoms. The molecule has 6 nitrogen and oxygen atoms in total. The molecule has 1 atom stereocenters. The first-order chi connectivity index (χ1) is 13.5. The maximum atomic E-state index is 5.89. The van der Waals surface area contributed by atoms with E-state index in [9.17, 15) is 0 Å². The van der Waals surface area contributed by atoms with Crippen LogP contribution in [0.4, 0.5) is 5.82 Å². The lowest BCUT2D eigenvalue weighted by Gasteiger charge is -2.20. The lowest BCUT2D eigenvalue weighted by Crippen LogP contribution is -2.11. The van der Waals surface area contributed by atoms with Crippen LogP contribution in [0.1, 0.15) is 29.9 Å². The van der Waals surface area contributed by atoms with Gasteiger partial charge in [0, 0.05) is 27.9 Å². The largest absolute Gasteiger partial charge is 0.493 e. The van der Waals surface area contributed by atoms with Crippen molar-refractivity contribution in [2.45, 2.75) is 26.3 Å². The van der Waals surface area contributed by atoms with Crippen molar-refractivity contribution in [2.24, 2.45) is 0 Å². The zero-order valence-electron chi connectivity index (χ0n) is 16.3. The Morgan fingerprint density at radius 1 is 1.11 bits per heavy atom. The molecular formula is C21H22BrN3O3. The van der Waals surface area contributed by atoms with Crippen LogP contribution in [0.2, 0.25) is 0 Å². The van der Waals surface area contributed by atoms with Crippen LogP contribution in [-0.4, -0.2) is 30.8 Å². The molecule has 2 aromatic carbocycles. The number of aromatic nitrogens is 2. The number of nitrogens with zero attached hydrogens (tertiary/aromatic N) is 2. The van der Waals surface area contributed by atoms with Crippen LogP contribution in [0.5, 0.6) is 17.2 Å². The summed E-state index contributed by atoms with van der Waals surface area (Å²) in [5, 5.41) is 4.42. The van der Waals surface area contributed by atoms with Crippen LogP contribution in [0.15, 0.2) is 28.7 Å². The first-order valence-corrected chi connectivity index (χ1v) is 9.91. The highest BCUT2D eigenvalue weighted by molar-refractivity contribution is 9.10. The van der Waals surface area contributed by atoms with Crippen molar-refractivity contribution >= 4 is 32.7 Å². The smallest absolute Gasteiger partial charge is 0.162 e. The third-order valence-corrected chi connectivity index (χ3v) is 5.37. The summed E-state index contributed by atoms with van der Waals surface area (Å²) in [6.07, 6.45) is 0.932. The Labute approximate surface area is 172 Å². The molecule has 1 aliphatic rings. The van der Waals surface area contributed by atoms with Gasteiger partial charge in [-0.1, -0.05) is 15.9 Å². The Balaban J connectivity index is 1.78. The van der Waals surface area contributed by atoms with E-state index < -0.39 is 0 Å². The molecule has 3 aromatic rings. The van der Waals surface area contributed by atoms with Gasteiger partial charge in [0.2, 0.25) is 0 Å². The van der Waals surface area contributed by atoms with Gasteiger partial charge in [0.05, 0.1) is 32.4 Å². The minimum absolute atomic E-state index is 0.00468. The van der Waals surface area contributed by atoms with Crippen molar-refractivity contribution in [1.82, 2.24) is 9.97 Å². The van der Waals surface area contributed by atoms with Gasteiger partial charge in [-0.15, -0.1) is 0 Å². The van der Waals surface area contributed by atoms with Crippen LogP contribution >= 0.6 is 15.9 Å². The Kier molecular flexibility index (Phi) is 5.02. The number of benzene rings is 2. The van der Waals surface area contributed by atoms with Gasteiger partial charge in [-0.3, -0.25) is 0 Å². The Morgan fingerprint density at radius 2 is 1.86 bits per heavy atom. The molecule has 2 heterocycles. The van der Waals surface area contributed by atoms with Gasteiger partial charge in [-0.25, -0.2) is 9.97 Å². The van der Waals surface area contributed by atoms with Crippen molar-refractivity contribution in [3.63, 3.8) is 0 Å². The molecule has 7 heteroatoms. The molecule has 0 radical (unpaired) electrons. The quantitative estimate of drug-likeness (QED) is 0.609. The second-order valence-corrected chi connectivity index (χ2v) is 7.71. The fourth-order valence-electron chi connectivity index (χ4n) is 3.58. The van der Waals surface area contributed by atoms with E-state index in [1.54, 1.807) is 14.2 Å². The summed E-state index contributed by atoms with van der Waals surface area (Å²) >= 11 is 3.62. The van der Waals surface area contributed by atoms with E-state index in [4.69, 9.17) is 14.2 Å². The van der Waals surface area contributed by atoms with Crippen LogP contribution in [-0.2, 0) is 6.42 Å². The summed E-state index contributed by atoms with van der Waals surface area (Å²) in [5.41, 5.74) is 3.13. The minimum Gasteiger partial charge on any atom is -0.493 e. The van der Waals surface area contributed by atoms with E-state index in [1.165, 1.54) is 5.56 Å². The Hall–Kier alpha value is -2.54. The third-order valence-electron chi connectivity index (χ3n) is 4.91. The van der Waals surface area contributed by atoms with E-state index in [2.05, 4.69) is 50.3 Å². The normalized spacial score (nSPS) is 13.8. The van der Waals surface area contributed by atoms with Gasteiger partial charge in [0.15, 0.2) is 11.5 Å². The van der Waals surface area contributed by atoms with Crippen LogP contribution < -0.4 is 19.5 Å². The second kappa shape index (κ2) is 7.47. The van der Waals surface area contributed by atoms with E-state index >= 15 is 0 Å². The fraction of sp³-hybridized carbons (Fsp3) is 0.333. The molecule has 1 unspecified atom stereocenters. The number of methoxy groups -OCH3 is 2. The molecule has 0 saturated carbocycles. The SMILES string of the molecule is COc1cc2nc(C)nc(NC(C)c3cc(Br)cc4c3OCC4)c2cc1OC. The van der Waals surface area contributed by atoms with Gasteiger partial charge >= 0.3 is 0 Å². The second-order valence-electron chi connectivity index (χ2n) is 6.79. The number of hydrogen-bond acceptors (Lipinski definition) is 6. The molecule has 1 aromatic heterocycles. The number of aryl methyl sites for hydroxylation is 1. The van der Waals surface area contributed by atoms with Gasteiger partial charge in [0.1, 0.15) is 17.4 Å². The zero-order valence-corrected chi connectivity index (χ0v) is 17.9. The summed E-state index contributed by atoms with van der Waals surface area (Å²) in [5.74, 6) is 3.69. The number of ether oxygens (including phenoxy) is 3. The topological polar surface area (TPSA) is 65.5 Å². The number of rotatable bonds is 5. The highest BCUT2D eigenvalue weighted by atomic mass is 79.9. The lowest BCUT2D eigenvalue weighted by molar-refractivity contribution is 0.352. The molecule has 0 aliphatic carbocycles. The summed E-state index contributed by atoms with van der Waals surface area (Å²) in [4.78, 5) is 9.20. The molecule has 1 N–H and O–H groups in total. The summed E-state index contributed by atoms with van der Waals surface area (Å²) in [6, 6.07) is 8.00. The lowest BCUT2D eigenvalue weighted by atomic mass is 10.0.